The minimum Gasteiger partial charge on any atom is -0.349 e. The molecule has 0 aliphatic heterocycles. The van der Waals surface area contributed by atoms with E-state index in [1.807, 2.05) is 60.0 Å². The summed E-state index contributed by atoms with van der Waals surface area (Å²) in [6, 6.07) is 18.8. The zero-order valence-corrected chi connectivity index (χ0v) is 18.6. The molecule has 158 valence electrons. The summed E-state index contributed by atoms with van der Waals surface area (Å²) in [6.45, 7) is 2.35. The number of pyridine rings is 1. The molecule has 0 unspecified atom stereocenters. The molecule has 4 aromatic rings. The first-order chi connectivity index (χ1) is 15.1. The SMILES string of the molecule is CC[C@H](C(=O)NCc1ccccn1)n1c(Cc2ccccc2)nc2cc(Cl)c(Cl)cc21. The Morgan fingerprint density at radius 3 is 2.52 bits per heavy atom. The van der Waals surface area contributed by atoms with Gasteiger partial charge in [-0.1, -0.05) is 66.5 Å². The molecule has 0 saturated carbocycles. The monoisotopic (exact) mass is 452 g/mol. The van der Waals surface area contributed by atoms with Gasteiger partial charge in [0.2, 0.25) is 5.91 Å². The molecule has 0 aliphatic rings. The van der Waals surface area contributed by atoms with Crippen molar-refractivity contribution in [2.24, 2.45) is 0 Å². The van der Waals surface area contributed by atoms with Gasteiger partial charge in [0.1, 0.15) is 11.9 Å². The quantitative estimate of drug-likeness (QED) is 0.397. The van der Waals surface area contributed by atoms with Gasteiger partial charge in [-0.25, -0.2) is 4.98 Å². The van der Waals surface area contributed by atoms with Gasteiger partial charge >= 0.3 is 0 Å². The second-order valence-electron chi connectivity index (χ2n) is 7.28. The predicted molar refractivity (Wildman–Crippen MR) is 124 cm³/mol. The molecule has 7 heteroatoms. The van der Waals surface area contributed by atoms with Gasteiger partial charge in [-0.15, -0.1) is 0 Å². The van der Waals surface area contributed by atoms with Crippen LogP contribution in [0, 0.1) is 0 Å². The Morgan fingerprint density at radius 1 is 1.06 bits per heavy atom. The number of nitrogens with one attached hydrogen (secondary N) is 1. The highest BCUT2D eigenvalue weighted by Gasteiger charge is 2.25. The standard InChI is InChI=1S/C24H22Cl2N4O/c1-2-21(24(31)28-15-17-10-6-7-11-27-17)30-22-14-19(26)18(25)13-20(22)29-23(30)12-16-8-4-3-5-9-16/h3-11,13-14,21H,2,12,15H2,1H3,(H,28,31)/t21-/m1/s1. The average Bonchev–Trinajstić information content (AvgIpc) is 3.11. The molecule has 0 aliphatic carbocycles. The van der Waals surface area contributed by atoms with Crippen LogP contribution in [0.15, 0.2) is 66.9 Å². The fourth-order valence-corrected chi connectivity index (χ4v) is 3.99. The van der Waals surface area contributed by atoms with Crippen molar-refractivity contribution in [2.45, 2.75) is 32.4 Å². The maximum atomic E-state index is 13.2. The summed E-state index contributed by atoms with van der Waals surface area (Å²) >= 11 is 12.6. The van der Waals surface area contributed by atoms with Gasteiger partial charge in [-0.3, -0.25) is 9.78 Å². The number of nitrogens with zero attached hydrogens (tertiary/aromatic N) is 3. The molecule has 2 aromatic heterocycles. The maximum absolute atomic E-state index is 13.2. The van der Waals surface area contributed by atoms with Crippen LogP contribution < -0.4 is 5.32 Å². The number of hydrogen-bond acceptors (Lipinski definition) is 3. The van der Waals surface area contributed by atoms with E-state index in [-0.39, 0.29) is 5.91 Å². The molecule has 0 saturated heterocycles. The van der Waals surface area contributed by atoms with Crippen LogP contribution in [0.3, 0.4) is 0 Å². The van der Waals surface area contributed by atoms with E-state index in [0.717, 1.165) is 28.1 Å². The summed E-state index contributed by atoms with van der Waals surface area (Å²) in [5.41, 5.74) is 3.43. The summed E-state index contributed by atoms with van der Waals surface area (Å²) in [5.74, 6) is 0.701. The molecule has 2 aromatic carbocycles. The van der Waals surface area contributed by atoms with Crippen LogP contribution in [0.2, 0.25) is 10.0 Å². The number of carbonyl (C=O) groups is 1. The number of imidazole rings is 1. The van der Waals surface area contributed by atoms with E-state index in [0.29, 0.717) is 29.4 Å². The number of benzene rings is 2. The topological polar surface area (TPSA) is 59.8 Å². The Hall–Kier alpha value is -2.89. The van der Waals surface area contributed by atoms with Gasteiger partial charge in [0, 0.05) is 12.6 Å². The van der Waals surface area contributed by atoms with Crippen molar-refractivity contribution in [2.75, 3.05) is 0 Å². The zero-order chi connectivity index (χ0) is 21.8. The number of halogens is 2. The number of hydrogen-bond donors (Lipinski definition) is 1. The number of fused-ring (bicyclic) bond motifs is 1. The lowest BCUT2D eigenvalue weighted by Crippen LogP contribution is -2.33. The molecular formula is C24H22Cl2N4O. The molecule has 1 amide bonds. The summed E-state index contributed by atoms with van der Waals surface area (Å²) in [4.78, 5) is 22.3. The van der Waals surface area contributed by atoms with Crippen molar-refractivity contribution >= 4 is 40.1 Å². The van der Waals surface area contributed by atoms with Gasteiger partial charge < -0.3 is 9.88 Å². The molecular weight excluding hydrogens is 431 g/mol. The second-order valence-corrected chi connectivity index (χ2v) is 8.09. The Morgan fingerprint density at radius 2 is 1.81 bits per heavy atom. The second kappa shape index (κ2) is 9.50. The maximum Gasteiger partial charge on any atom is 0.243 e. The van der Waals surface area contributed by atoms with Crippen molar-refractivity contribution in [1.82, 2.24) is 19.9 Å². The van der Waals surface area contributed by atoms with E-state index in [4.69, 9.17) is 28.2 Å². The first-order valence-corrected chi connectivity index (χ1v) is 10.9. The number of rotatable bonds is 7. The first-order valence-electron chi connectivity index (χ1n) is 10.1. The highest BCUT2D eigenvalue weighted by atomic mass is 35.5. The van der Waals surface area contributed by atoms with E-state index in [1.165, 1.54) is 0 Å². The van der Waals surface area contributed by atoms with Crippen LogP contribution in [0.1, 0.15) is 36.5 Å². The highest BCUT2D eigenvalue weighted by Crippen LogP contribution is 2.32. The Bertz CT molecular complexity index is 1190. The smallest absolute Gasteiger partial charge is 0.243 e. The van der Waals surface area contributed by atoms with Crippen LogP contribution in [0.4, 0.5) is 0 Å². The van der Waals surface area contributed by atoms with E-state index in [2.05, 4.69) is 10.3 Å². The van der Waals surface area contributed by atoms with Crippen LogP contribution in [-0.4, -0.2) is 20.4 Å². The number of amides is 1. The average molecular weight is 453 g/mol. The Kier molecular flexibility index (Phi) is 6.54. The third-order valence-corrected chi connectivity index (χ3v) is 5.90. The number of carbonyl (C=O) groups excluding carboxylic acids is 1. The lowest BCUT2D eigenvalue weighted by atomic mass is 10.1. The third kappa shape index (κ3) is 4.73. The van der Waals surface area contributed by atoms with Crippen molar-refractivity contribution in [3.05, 3.63) is 94.0 Å². The van der Waals surface area contributed by atoms with E-state index in [1.54, 1.807) is 18.3 Å². The van der Waals surface area contributed by atoms with Crippen molar-refractivity contribution in [3.8, 4) is 0 Å². The molecule has 2 heterocycles. The normalized spacial score (nSPS) is 12.1. The minimum atomic E-state index is -0.440. The molecule has 1 atom stereocenters. The van der Waals surface area contributed by atoms with E-state index >= 15 is 0 Å². The highest BCUT2D eigenvalue weighted by molar-refractivity contribution is 6.42. The van der Waals surface area contributed by atoms with Crippen molar-refractivity contribution < 1.29 is 4.79 Å². The summed E-state index contributed by atoms with van der Waals surface area (Å²) in [7, 11) is 0. The predicted octanol–water partition coefficient (Wildman–Crippen LogP) is 5.60. The largest absolute Gasteiger partial charge is 0.349 e. The molecule has 31 heavy (non-hydrogen) atoms. The lowest BCUT2D eigenvalue weighted by Gasteiger charge is -2.20. The first kappa shape index (κ1) is 21.3. The van der Waals surface area contributed by atoms with Crippen molar-refractivity contribution in [1.29, 1.82) is 0 Å². The molecule has 0 bridgehead atoms. The molecule has 5 nitrogen and oxygen atoms in total. The third-order valence-electron chi connectivity index (χ3n) is 5.18. The van der Waals surface area contributed by atoms with Gasteiger partial charge in [-0.2, -0.15) is 0 Å². The molecule has 1 N–H and O–H groups in total. The fourth-order valence-electron chi connectivity index (χ4n) is 3.67. The molecule has 0 radical (unpaired) electrons. The Labute approximate surface area is 191 Å². The zero-order valence-electron chi connectivity index (χ0n) is 17.1. The molecule has 0 fully saturated rings. The van der Waals surface area contributed by atoms with E-state index < -0.39 is 6.04 Å². The van der Waals surface area contributed by atoms with Gasteiger partial charge in [0.15, 0.2) is 0 Å². The summed E-state index contributed by atoms with van der Waals surface area (Å²) in [5, 5.41) is 3.89. The lowest BCUT2D eigenvalue weighted by molar-refractivity contribution is -0.124. The fraction of sp³-hybridized carbons (Fsp3) is 0.208. The summed E-state index contributed by atoms with van der Waals surface area (Å²) < 4.78 is 1.98. The van der Waals surface area contributed by atoms with Crippen LogP contribution in [0.25, 0.3) is 11.0 Å². The number of aromatic nitrogens is 3. The van der Waals surface area contributed by atoms with Gasteiger partial charge in [-0.05, 0) is 36.2 Å². The Balaban J connectivity index is 1.72. The van der Waals surface area contributed by atoms with Crippen molar-refractivity contribution in [3.63, 3.8) is 0 Å². The molecule has 4 rings (SSSR count). The van der Waals surface area contributed by atoms with Gasteiger partial charge in [0.05, 0.1) is 33.3 Å². The van der Waals surface area contributed by atoms with Crippen LogP contribution in [0.5, 0.6) is 0 Å². The van der Waals surface area contributed by atoms with Gasteiger partial charge in [0.25, 0.3) is 0 Å². The van der Waals surface area contributed by atoms with Crippen LogP contribution >= 0.6 is 23.2 Å². The summed E-state index contributed by atoms with van der Waals surface area (Å²) in [6.07, 6.45) is 2.90. The van der Waals surface area contributed by atoms with Crippen LogP contribution in [-0.2, 0) is 17.8 Å². The minimum absolute atomic E-state index is 0.0900. The molecule has 0 spiro atoms. The van der Waals surface area contributed by atoms with E-state index in [9.17, 15) is 4.79 Å².